The van der Waals surface area contributed by atoms with E-state index in [0.717, 1.165) is 26.2 Å². The van der Waals surface area contributed by atoms with E-state index in [9.17, 15) is 0 Å². The lowest BCUT2D eigenvalue weighted by atomic mass is 10.1. The Labute approximate surface area is 132 Å². The molecule has 8 nitrogen and oxygen atoms in total. The third-order valence-electron chi connectivity index (χ3n) is 3.93. The second kappa shape index (κ2) is 12.1. The second-order valence-electron chi connectivity index (χ2n) is 5.71. The summed E-state index contributed by atoms with van der Waals surface area (Å²) in [5.41, 5.74) is 0. The molecule has 0 radical (unpaired) electrons. The summed E-state index contributed by atoms with van der Waals surface area (Å²) < 4.78 is 0. The number of hydrogen-bond donors (Lipinski definition) is 6. The molecule has 0 spiro atoms. The molecule has 0 aromatic rings. The number of nitrogens with zero attached hydrogens (tertiary/aromatic N) is 2. The van der Waals surface area contributed by atoms with Gasteiger partial charge in [-0.1, -0.05) is 0 Å². The van der Waals surface area contributed by atoms with Gasteiger partial charge in [0.1, 0.15) is 0 Å². The Morgan fingerprint density at radius 2 is 0.955 bits per heavy atom. The highest BCUT2D eigenvalue weighted by molar-refractivity contribution is 4.86. The number of nitrogens with one attached hydrogen (secondary N) is 2. The lowest BCUT2D eigenvalue weighted by molar-refractivity contribution is 0.129. The maximum absolute atomic E-state index is 9.03. The minimum Gasteiger partial charge on any atom is -0.395 e. The largest absolute Gasteiger partial charge is 0.395 e. The average Bonchev–Trinajstić information content (AvgIpc) is 2.50. The Hall–Kier alpha value is -0.320. The van der Waals surface area contributed by atoms with Crippen molar-refractivity contribution in [3.8, 4) is 0 Å². The molecule has 6 N–H and O–H groups in total. The van der Waals surface area contributed by atoms with Crippen LogP contribution in [-0.4, -0.2) is 121 Å². The van der Waals surface area contributed by atoms with Crippen LogP contribution in [0, 0.1) is 0 Å². The molecule has 0 amide bonds. The van der Waals surface area contributed by atoms with E-state index in [0.29, 0.717) is 38.3 Å². The predicted octanol–water partition coefficient (Wildman–Crippen LogP) is -3.51. The van der Waals surface area contributed by atoms with Gasteiger partial charge in [0.05, 0.1) is 26.4 Å². The number of hydrogen-bond acceptors (Lipinski definition) is 8. The first-order valence-electron chi connectivity index (χ1n) is 8.08. The zero-order valence-corrected chi connectivity index (χ0v) is 13.3. The van der Waals surface area contributed by atoms with Crippen LogP contribution in [0.4, 0.5) is 0 Å². The molecule has 22 heavy (non-hydrogen) atoms. The first-order chi connectivity index (χ1) is 10.7. The lowest BCUT2D eigenvalue weighted by Gasteiger charge is -2.36. The molecule has 1 aliphatic rings. The smallest absolute Gasteiger partial charge is 0.0558 e. The molecular weight excluding hydrogens is 288 g/mol. The summed E-state index contributed by atoms with van der Waals surface area (Å²) in [4.78, 5) is 4.09. The highest BCUT2D eigenvalue weighted by Crippen LogP contribution is 2.00. The van der Waals surface area contributed by atoms with E-state index in [1.165, 1.54) is 0 Å². The van der Waals surface area contributed by atoms with Gasteiger partial charge in [0, 0.05) is 64.4 Å². The van der Waals surface area contributed by atoms with Gasteiger partial charge in [-0.15, -0.1) is 0 Å². The summed E-state index contributed by atoms with van der Waals surface area (Å²) in [5, 5.41) is 43.1. The number of aliphatic hydroxyl groups excluding tert-OH is 4. The van der Waals surface area contributed by atoms with Crippen LogP contribution in [0.3, 0.4) is 0 Å². The molecule has 2 atom stereocenters. The molecule has 132 valence electrons. The average molecular weight is 320 g/mol. The zero-order chi connectivity index (χ0) is 16.2. The Bertz CT molecular complexity index is 227. The quantitative estimate of drug-likeness (QED) is 0.220. The fourth-order valence-electron chi connectivity index (χ4n) is 2.80. The van der Waals surface area contributed by atoms with Gasteiger partial charge in [-0.25, -0.2) is 0 Å². The highest BCUT2D eigenvalue weighted by atomic mass is 16.3. The number of rotatable bonds is 12. The monoisotopic (exact) mass is 320 g/mol. The van der Waals surface area contributed by atoms with Crippen LogP contribution in [0.1, 0.15) is 0 Å². The fraction of sp³-hybridized carbons (Fsp3) is 1.00. The van der Waals surface area contributed by atoms with Crippen LogP contribution >= 0.6 is 0 Å². The first-order valence-corrected chi connectivity index (χ1v) is 8.08. The zero-order valence-electron chi connectivity index (χ0n) is 13.3. The Kier molecular flexibility index (Phi) is 10.9. The first kappa shape index (κ1) is 19.7. The predicted molar refractivity (Wildman–Crippen MR) is 84.8 cm³/mol. The van der Waals surface area contributed by atoms with Crippen molar-refractivity contribution in [2.24, 2.45) is 0 Å². The van der Waals surface area contributed by atoms with Crippen LogP contribution < -0.4 is 10.6 Å². The van der Waals surface area contributed by atoms with Crippen molar-refractivity contribution in [1.82, 2.24) is 20.4 Å². The van der Waals surface area contributed by atoms with Crippen molar-refractivity contribution in [2.75, 3.05) is 78.8 Å². The molecule has 8 heteroatoms. The molecule has 1 aliphatic heterocycles. The summed E-state index contributed by atoms with van der Waals surface area (Å²) in [5.74, 6) is 0. The molecule has 1 heterocycles. The van der Waals surface area contributed by atoms with Gasteiger partial charge < -0.3 is 31.1 Å². The Morgan fingerprint density at radius 1 is 0.636 bits per heavy atom. The minimum absolute atomic E-state index is 0.0973. The summed E-state index contributed by atoms with van der Waals surface area (Å²) >= 11 is 0. The topological polar surface area (TPSA) is 111 Å². The van der Waals surface area contributed by atoms with Crippen LogP contribution in [0.5, 0.6) is 0 Å². The summed E-state index contributed by atoms with van der Waals surface area (Å²) in [6, 6.07) is 0.581. The molecule has 0 aromatic heterocycles. The lowest BCUT2D eigenvalue weighted by Crippen LogP contribution is -2.60. The molecule has 1 fully saturated rings. The van der Waals surface area contributed by atoms with E-state index in [1.807, 2.05) is 9.80 Å². The van der Waals surface area contributed by atoms with Crippen LogP contribution in [0.25, 0.3) is 0 Å². The highest BCUT2D eigenvalue weighted by Gasteiger charge is 2.23. The normalized spacial score (nSPS) is 22.6. The Morgan fingerprint density at radius 3 is 1.18 bits per heavy atom. The van der Waals surface area contributed by atoms with E-state index in [2.05, 4.69) is 10.6 Å². The van der Waals surface area contributed by atoms with Crippen LogP contribution in [0.2, 0.25) is 0 Å². The van der Waals surface area contributed by atoms with Gasteiger partial charge in [0.25, 0.3) is 0 Å². The third kappa shape index (κ3) is 7.80. The van der Waals surface area contributed by atoms with Gasteiger partial charge in [-0.05, 0) is 0 Å². The van der Waals surface area contributed by atoms with Crippen molar-refractivity contribution in [3.63, 3.8) is 0 Å². The second-order valence-corrected chi connectivity index (χ2v) is 5.71. The van der Waals surface area contributed by atoms with Crippen LogP contribution in [-0.2, 0) is 0 Å². The summed E-state index contributed by atoms with van der Waals surface area (Å²) in [6.07, 6.45) is 0. The molecule has 0 bridgehead atoms. The maximum atomic E-state index is 9.03. The van der Waals surface area contributed by atoms with Crippen molar-refractivity contribution < 1.29 is 20.4 Å². The molecule has 0 unspecified atom stereocenters. The number of aliphatic hydroxyl groups is 4. The standard InChI is InChI=1S/C14H32N4O4/c19-5-1-17(2-6-20)11-13-9-16-14(10-15-13)12-18(3-7-21)4-8-22/h13-16,19-22H,1-12H2/t13-,14+. The summed E-state index contributed by atoms with van der Waals surface area (Å²) in [6.45, 7) is 5.90. The van der Waals surface area contributed by atoms with Crippen LogP contribution in [0.15, 0.2) is 0 Å². The van der Waals surface area contributed by atoms with E-state index < -0.39 is 0 Å². The van der Waals surface area contributed by atoms with E-state index in [1.54, 1.807) is 0 Å². The molecule has 1 saturated heterocycles. The maximum Gasteiger partial charge on any atom is 0.0558 e. The SMILES string of the molecule is OCCN(CCO)C[C@H]1CN[C@H](CN(CCO)CCO)CN1. The minimum atomic E-state index is 0.0973. The fourth-order valence-corrected chi connectivity index (χ4v) is 2.80. The Balaban J connectivity index is 2.29. The van der Waals surface area contributed by atoms with E-state index >= 15 is 0 Å². The summed E-state index contributed by atoms with van der Waals surface area (Å²) in [7, 11) is 0. The van der Waals surface area contributed by atoms with Crippen molar-refractivity contribution >= 4 is 0 Å². The molecule has 0 aliphatic carbocycles. The van der Waals surface area contributed by atoms with Gasteiger partial charge in [0.2, 0.25) is 0 Å². The molecule has 0 aromatic carbocycles. The van der Waals surface area contributed by atoms with Crippen molar-refractivity contribution in [3.05, 3.63) is 0 Å². The number of piperazine rings is 1. The molecular formula is C14H32N4O4. The molecule has 1 rings (SSSR count). The van der Waals surface area contributed by atoms with E-state index in [-0.39, 0.29) is 26.4 Å². The third-order valence-corrected chi connectivity index (χ3v) is 3.93. The molecule has 0 saturated carbocycles. The van der Waals surface area contributed by atoms with E-state index in [4.69, 9.17) is 20.4 Å². The van der Waals surface area contributed by atoms with Crippen molar-refractivity contribution in [2.45, 2.75) is 12.1 Å². The van der Waals surface area contributed by atoms with Gasteiger partial charge >= 0.3 is 0 Å². The van der Waals surface area contributed by atoms with Gasteiger partial charge in [-0.3, -0.25) is 9.80 Å². The van der Waals surface area contributed by atoms with Gasteiger partial charge in [0.15, 0.2) is 0 Å². The van der Waals surface area contributed by atoms with Crippen molar-refractivity contribution in [1.29, 1.82) is 0 Å². The van der Waals surface area contributed by atoms with Gasteiger partial charge in [-0.2, -0.15) is 0 Å².